The van der Waals surface area contributed by atoms with Gasteiger partial charge in [-0.15, -0.1) is 0 Å². The van der Waals surface area contributed by atoms with Crippen molar-refractivity contribution in [1.82, 2.24) is 5.32 Å². The number of hydrogen-bond donors (Lipinski definition) is 1. The van der Waals surface area contributed by atoms with E-state index in [1.54, 1.807) is 19.1 Å². The lowest BCUT2D eigenvalue weighted by Crippen LogP contribution is -2.31. The van der Waals surface area contributed by atoms with Crippen molar-refractivity contribution >= 4 is 27.8 Å². The summed E-state index contributed by atoms with van der Waals surface area (Å²) in [5, 5.41) is 3.12. The van der Waals surface area contributed by atoms with E-state index in [1.807, 2.05) is 12.1 Å². The van der Waals surface area contributed by atoms with Crippen LogP contribution in [0.5, 0.6) is 0 Å². The van der Waals surface area contributed by atoms with E-state index in [0.717, 1.165) is 5.56 Å². The molecule has 0 spiro atoms. The van der Waals surface area contributed by atoms with E-state index >= 15 is 0 Å². The maximum absolute atomic E-state index is 11.8. The van der Waals surface area contributed by atoms with Crippen LogP contribution in [-0.2, 0) is 14.9 Å². The Hall–Kier alpha value is -1.36. The van der Waals surface area contributed by atoms with Crippen LogP contribution in [0.1, 0.15) is 22.8 Å². The summed E-state index contributed by atoms with van der Waals surface area (Å²) < 4.78 is 4.72. The summed E-state index contributed by atoms with van der Waals surface area (Å²) in [6, 6.07) is 7.22. The summed E-state index contributed by atoms with van der Waals surface area (Å²) in [5.74, 6) is -0.703. The molecule has 0 radical (unpaired) electrons. The maximum Gasteiger partial charge on any atom is 0.325 e. The van der Waals surface area contributed by atoms with Crippen molar-refractivity contribution in [2.24, 2.45) is 0 Å². The summed E-state index contributed by atoms with van der Waals surface area (Å²) >= 11 is 3.31. The number of halogens is 1. The lowest BCUT2D eigenvalue weighted by molar-refractivity contribution is -0.141. The first-order chi connectivity index (χ1) is 8.19. The van der Waals surface area contributed by atoms with E-state index in [0.29, 0.717) is 17.5 Å². The van der Waals surface area contributed by atoms with Gasteiger partial charge in [0.1, 0.15) is 6.54 Å². The van der Waals surface area contributed by atoms with Gasteiger partial charge in [-0.3, -0.25) is 9.59 Å². The van der Waals surface area contributed by atoms with Crippen LogP contribution in [-0.4, -0.2) is 25.0 Å². The van der Waals surface area contributed by atoms with Gasteiger partial charge in [0.15, 0.2) is 0 Å². The van der Waals surface area contributed by atoms with Gasteiger partial charge in [0.25, 0.3) is 5.91 Å². The van der Waals surface area contributed by atoms with Gasteiger partial charge >= 0.3 is 5.97 Å². The first-order valence-corrected chi connectivity index (χ1v) is 6.38. The minimum Gasteiger partial charge on any atom is -0.465 e. The van der Waals surface area contributed by atoms with E-state index in [9.17, 15) is 9.59 Å². The molecular formula is C12H14BrNO3. The van der Waals surface area contributed by atoms with Gasteiger partial charge < -0.3 is 10.1 Å². The fraction of sp³-hybridized carbons (Fsp3) is 0.333. The molecule has 1 N–H and O–H groups in total. The Morgan fingerprint density at radius 1 is 1.35 bits per heavy atom. The molecule has 0 aliphatic carbocycles. The Bertz CT molecular complexity index is 406. The topological polar surface area (TPSA) is 55.4 Å². The highest BCUT2D eigenvalue weighted by Crippen LogP contribution is 2.11. The SMILES string of the molecule is CCOC(=O)CNC(=O)c1ccccc1CBr. The molecule has 1 aromatic rings. The predicted octanol–water partition coefficient (Wildman–Crippen LogP) is 1.87. The molecule has 0 fully saturated rings. The van der Waals surface area contributed by atoms with Crippen LogP contribution < -0.4 is 5.32 Å². The van der Waals surface area contributed by atoms with Crippen molar-refractivity contribution in [3.63, 3.8) is 0 Å². The largest absolute Gasteiger partial charge is 0.465 e. The molecular weight excluding hydrogens is 286 g/mol. The molecule has 0 saturated heterocycles. The first kappa shape index (κ1) is 13.7. The lowest BCUT2D eigenvalue weighted by Gasteiger charge is -2.07. The summed E-state index contributed by atoms with van der Waals surface area (Å²) in [5.41, 5.74) is 1.45. The number of amides is 1. The van der Waals surface area contributed by atoms with Crippen molar-refractivity contribution in [2.75, 3.05) is 13.2 Å². The predicted molar refractivity (Wildman–Crippen MR) is 68.0 cm³/mol. The van der Waals surface area contributed by atoms with Crippen molar-refractivity contribution in [3.8, 4) is 0 Å². The van der Waals surface area contributed by atoms with Crippen LogP contribution >= 0.6 is 15.9 Å². The molecule has 4 nitrogen and oxygen atoms in total. The second kappa shape index (κ2) is 7.06. The van der Waals surface area contributed by atoms with Crippen LogP contribution in [0.4, 0.5) is 0 Å². The summed E-state index contributed by atoms with van der Waals surface area (Å²) in [7, 11) is 0. The van der Waals surface area contributed by atoms with E-state index in [1.165, 1.54) is 0 Å². The molecule has 0 atom stereocenters. The molecule has 5 heteroatoms. The smallest absolute Gasteiger partial charge is 0.325 e. The quantitative estimate of drug-likeness (QED) is 0.667. The van der Waals surface area contributed by atoms with Crippen LogP contribution in [0.25, 0.3) is 0 Å². The normalized spacial score (nSPS) is 9.76. The second-order valence-electron chi connectivity index (χ2n) is 3.28. The molecule has 0 unspecified atom stereocenters. The summed E-state index contributed by atoms with van der Waals surface area (Å²) in [4.78, 5) is 22.9. The highest BCUT2D eigenvalue weighted by atomic mass is 79.9. The highest BCUT2D eigenvalue weighted by Gasteiger charge is 2.11. The van der Waals surface area contributed by atoms with Crippen LogP contribution in [0.3, 0.4) is 0 Å². The monoisotopic (exact) mass is 299 g/mol. The fourth-order valence-electron chi connectivity index (χ4n) is 1.32. The molecule has 92 valence electrons. The van der Waals surface area contributed by atoms with Gasteiger partial charge in [0.05, 0.1) is 6.61 Å². The number of hydrogen-bond acceptors (Lipinski definition) is 3. The number of alkyl halides is 1. The van der Waals surface area contributed by atoms with Gasteiger partial charge in [-0.25, -0.2) is 0 Å². The van der Waals surface area contributed by atoms with E-state index in [4.69, 9.17) is 4.74 Å². The summed E-state index contributed by atoms with van der Waals surface area (Å²) in [6.45, 7) is 1.93. The van der Waals surface area contributed by atoms with E-state index in [2.05, 4.69) is 21.2 Å². The highest BCUT2D eigenvalue weighted by molar-refractivity contribution is 9.08. The Kier molecular flexibility index (Phi) is 5.69. The Balaban J connectivity index is 2.61. The van der Waals surface area contributed by atoms with Crippen LogP contribution in [0, 0.1) is 0 Å². The number of esters is 1. The van der Waals surface area contributed by atoms with Crippen LogP contribution in [0.15, 0.2) is 24.3 Å². The average molecular weight is 300 g/mol. The number of carbonyl (C=O) groups is 2. The Morgan fingerprint density at radius 2 is 2.06 bits per heavy atom. The molecule has 1 rings (SSSR count). The zero-order valence-electron chi connectivity index (χ0n) is 9.53. The minimum absolute atomic E-state index is 0.108. The van der Waals surface area contributed by atoms with Crippen molar-refractivity contribution < 1.29 is 14.3 Å². The van der Waals surface area contributed by atoms with Crippen molar-refractivity contribution in [2.45, 2.75) is 12.3 Å². The number of ether oxygens (including phenoxy) is 1. The number of carbonyl (C=O) groups excluding carboxylic acids is 2. The fourth-order valence-corrected chi connectivity index (χ4v) is 1.81. The number of benzene rings is 1. The average Bonchev–Trinajstić information content (AvgIpc) is 2.36. The molecule has 0 aliphatic heterocycles. The van der Waals surface area contributed by atoms with Gasteiger partial charge in [-0.05, 0) is 18.6 Å². The molecule has 17 heavy (non-hydrogen) atoms. The Morgan fingerprint density at radius 3 is 2.71 bits per heavy atom. The zero-order valence-corrected chi connectivity index (χ0v) is 11.1. The minimum atomic E-state index is -0.433. The molecule has 0 bridgehead atoms. The van der Waals surface area contributed by atoms with Gasteiger partial charge in [0.2, 0.25) is 0 Å². The second-order valence-corrected chi connectivity index (χ2v) is 3.84. The van der Waals surface area contributed by atoms with Crippen molar-refractivity contribution in [3.05, 3.63) is 35.4 Å². The van der Waals surface area contributed by atoms with Gasteiger partial charge in [-0.2, -0.15) is 0 Å². The Labute approximate surface area is 108 Å². The molecule has 0 aliphatic rings. The van der Waals surface area contributed by atoms with Crippen molar-refractivity contribution in [1.29, 1.82) is 0 Å². The van der Waals surface area contributed by atoms with E-state index in [-0.39, 0.29) is 12.5 Å². The zero-order chi connectivity index (χ0) is 12.7. The third-order valence-electron chi connectivity index (χ3n) is 2.10. The summed E-state index contributed by atoms with van der Waals surface area (Å²) in [6.07, 6.45) is 0. The molecule has 0 saturated carbocycles. The number of rotatable bonds is 5. The maximum atomic E-state index is 11.8. The first-order valence-electron chi connectivity index (χ1n) is 5.26. The molecule has 0 aromatic heterocycles. The molecule has 0 heterocycles. The van der Waals surface area contributed by atoms with Crippen LogP contribution in [0.2, 0.25) is 0 Å². The third kappa shape index (κ3) is 4.19. The molecule has 1 amide bonds. The standard InChI is InChI=1S/C12H14BrNO3/c1-2-17-11(15)8-14-12(16)10-6-4-3-5-9(10)7-13/h3-6H,2,7-8H2,1H3,(H,14,16). The van der Waals surface area contributed by atoms with Gasteiger partial charge in [-0.1, -0.05) is 34.1 Å². The number of nitrogens with one attached hydrogen (secondary N) is 1. The van der Waals surface area contributed by atoms with Gasteiger partial charge in [0, 0.05) is 10.9 Å². The lowest BCUT2D eigenvalue weighted by atomic mass is 10.1. The third-order valence-corrected chi connectivity index (χ3v) is 2.71. The molecule has 1 aromatic carbocycles. The van der Waals surface area contributed by atoms with E-state index < -0.39 is 5.97 Å².